The monoisotopic (exact) mass is 344 g/mol. The van der Waals surface area contributed by atoms with E-state index >= 15 is 0 Å². The molecule has 0 aliphatic rings. The van der Waals surface area contributed by atoms with Gasteiger partial charge in [0.2, 0.25) is 0 Å². The zero-order valence-electron chi connectivity index (χ0n) is 12.0. The maximum Gasteiger partial charge on any atom is 0.0939 e. The standard InChI is InChI=1S/C16H17BrN4/c1-3-18-15(16-13(17)10-20-21(16)2)14-12-7-5-4-6-11(12)8-9-19-14/h4-10,15,18H,3H2,1-2H3. The number of nitrogens with zero attached hydrogens (tertiary/aromatic N) is 3. The van der Waals surface area contributed by atoms with Gasteiger partial charge in [0.1, 0.15) is 0 Å². The molecule has 1 N–H and O–H groups in total. The number of benzene rings is 1. The fourth-order valence-electron chi connectivity index (χ4n) is 2.64. The third-order valence-corrected chi connectivity index (χ3v) is 4.21. The fourth-order valence-corrected chi connectivity index (χ4v) is 3.22. The topological polar surface area (TPSA) is 42.7 Å². The largest absolute Gasteiger partial charge is 0.304 e. The van der Waals surface area contributed by atoms with Crippen molar-refractivity contribution in [3.8, 4) is 0 Å². The second-order valence-corrected chi connectivity index (χ2v) is 5.76. The van der Waals surface area contributed by atoms with Gasteiger partial charge in [0.25, 0.3) is 0 Å². The molecule has 1 atom stereocenters. The summed E-state index contributed by atoms with van der Waals surface area (Å²) in [7, 11) is 1.95. The molecule has 0 radical (unpaired) electrons. The maximum atomic E-state index is 4.64. The molecule has 0 aliphatic heterocycles. The summed E-state index contributed by atoms with van der Waals surface area (Å²) >= 11 is 3.60. The van der Waals surface area contributed by atoms with Crippen LogP contribution in [0.5, 0.6) is 0 Å². The average molecular weight is 345 g/mol. The molecule has 2 heterocycles. The van der Waals surface area contributed by atoms with Gasteiger partial charge in [-0.1, -0.05) is 31.2 Å². The predicted octanol–water partition coefficient (Wildman–Crippen LogP) is 3.43. The molecule has 0 aliphatic carbocycles. The summed E-state index contributed by atoms with van der Waals surface area (Å²) in [6.07, 6.45) is 3.69. The molecular formula is C16H17BrN4. The lowest BCUT2D eigenvalue weighted by Gasteiger charge is -2.20. The first-order valence-electron chi connectivity index (χ1n) is 6.96. The zero-order chi connectivity index (χ0) is 14.8. The lowest BCUT2D eigenvalue weighted by atomic mass is 10.0. The van der Waals surface area contributed by atoms with E-state index in [9.17, 15) is 0 Å². The number of fused-ring (bicyclic) bond motifs is 1. The zero-order valence-corrected chi connectivity index (χ0v) is 13.6. The number of hydrogen-bond acceptors (Lipinski definition) is 3. The summed E-state index contributed by atoms with van der Waals surface area (Å²) in [6.45, 7) is 2.95. The van der Waals surface area contributed by atoms with Crippen LogP contribution in [-0.2, 0) is 7.05 Å². The van der Waals surface area contributed by atoms with Crippen LogP contribution >= 0.6 is 15.9 Å². The van der Waals surface area contributed by atoms with Crippen LogP contribution in [0.1, 0.15) is 24.4 Å². The Kier molecular flexibility index (Phi) is 4.03. The highest BCUT2D eigenvalue weighted by Crippen LogP contribution is 2.30. The van der Waals surface area contributed by atoms with E-state index in [0.29, 0.717) is 0 Å². The van der Waals surface area contributed by atoms with Crippen molar-refractivity contribution in [3.05, 3.63) is 58.6 Å². The highest BCUT2D eigenvalue weighted by molar-refractivity contribution is 9.10. The SMILES string of the molecule is CCNC(c1nccc2ccccc12)c1c(Br)cnn1C. The summed E-state index contributed by atoms with van der Waals surface area (Å²) in [6, 6.07) is 10.4. The molecule has 0 amide bonds. The Morgan fingerprint density at radius 1 is 1.29 bits per heavy atom. The number of aryl methyl sites for hydroxylation is 1. The first-order chi connectivity index (χ1) is 10.2. The molecule has 0 saturated heterocycles. The van der Waals surface area contributed by atoms with Gasteiger partial charge >= 0.3 is 0 Å². The summed E-state index contributed by atoms with van der Waals surface area (Å²) < 4.78 is 2.88. The van der Waals surface area contributed by atoms with Gasteiger partial charge in [-0.3, -0.25) is 9.67 Å². The normalized spacial score (nSPS) is 12.7. The van der Waals surface area contributed by atoms with Crippen molar-refractivity contribution in [1.82, 2.24) is 20.1 Å². The Morgan fingerprint density at radius 3 is 2.81 bits per heavy atom. The molecule has 0 fully saturated rings. The highest BCUT2D eigenvalue weighted by atomic mass is 79.9. The maximum absolute atomic E-state index is 4.64. The van der Waals surface area contributed by atoms with Gasteiger partial charge < -0.3 is 5.32 Å². The Morgan fingerprint density at radius 2 is 2.10 bits per heavy atom. The van der Waals surface area contributed by atoms with E-state index < -0.39 is 0 Å². The fraction of sp³-hybridized carbons (Fsp3) is 0.250. The minimum Gasteiger partial charge on any atom is -0.304 e. The Bertz CT molecular complexity index is 741. The molecule has 3 rings (SSSR count). The molecule has 0 bridgehead atoms. The molecule has 5 heteroatoms. The van der Waals surface area contributed by atoms with Crippen molar-refractivity contribution in [1.29, 1.82) is 0 Å². The lowest BCUT2D eigenvalue weighted by molar-refractivity contribution is 0.563. The van der Waals surface area contributed by atoms with Gasteiger partial charge in [0.05, 0.1) is 28.1 Å². The van der Waals surface area contributed by atoms with E-state index in [0.717, 1.165) is 22.4 Å². The van der Waals surface area contributed by atoms with Crippen LogP contribution < -0.4 is 5.32 Å². The van der Waals surface area contributed by atoms with Crippen LogP contribution in [0.4, 0.5) is 0 Å². The van der Waals surface area contributed by atoms with Crippen LogP contribution in [0.25, 0.3) is 10.8 Å². The molecule has 21 heavy (non-hydrogen) atoms. The molecular weight excluding hydrogens is 328 g/mol. The van der Waals surface area contributed by atoms with Crippen LogP contribution in [0.2, 0.25) is 0 Å². The number of rotatable bonds is 4. The smallest absolute Gasteiger partial charge is 0.0939 e. The number of aromatic nitrogens is 3. The Labute approximate surface area is 132 Å². The summed E-state index contributed by atoms with van der Waals surface area (Å²) in [5.41, 5.74) is 2.11. The van der Waals surface area contributed by atoms with E-state index in [1.54, 1.807) is 0 Å². The highest BCUT2D eigenvalue weighted by Gasteiger charge is 2.22. The van der Waals surface area contributed by atoms with Crippen molar-refractivity contribution < 1.29 is 0 Å². The molecule has 1 aromatic carbocycles. The van der Waals surface area contributed by atoms with E-state index in [1.165, 1.54) is 10.8 Å². The first kappa shape index (κ1) is 14.2. The summed E-state index contributed by atoms with van der Waals surface area (Å²) in [4.78, 5) is 4.64. The van der Waals surface area contributed by atoms with Crippen LogP contribution in [0.3, 0.4) is 0 Å². The first-order valence-corrected chi connectivity index (χ1v) is 7.76. The lowest BCUT2D eigenvalue weighted by Crippen LogP contribution is -2.25. The van der Waals surface area contributed by atoms with Crippen molar-refractivity contribution in [2.24, 2.45) is 7.05 Å². The third-order valence-electron chi connectivity index (χ3n) is 3.60. The molecule has 4 nitrogen and oxygen atoms in total. The van der Waals surface area contributed by atoms with E-state index in [2.05, 4.69) is 56.5 Å². The Hall–Kier alpha value is -1.72. The van der Waals surface area contributed by atoms with Gasteiger partial charge in [0.15, 0.2) is 0 Å². The number of hydrogen-bond donors (Lipinski definition) is 1. The molecule has 0 saturated carbocycles. The van der Waals surface area contributed by atoms with Gasteiger partial charge in [-0.15, -0.1) is 0 Å². The molecule has 1 unspecified atom stereocenters. The second-order valence-electron chi connectivity index (χ2n) is 4.91. The summed E-state index contributed by atoms with van der Waals surface area (Å²) in [5.74, 6) is 0. The van der Waals surface area contributed by atoms with Crippen LogP contribution in [-0.4, -0.2) is 21.3 Å². The number of pyridine rings is 1. The molecule has 3 aromatic rings. The van der Waals surface area contributed by atoms with Crippen molar-refractivity contribution in [3.63, 3.8) is 0 Å². The molecule has 0 spiro atoms. The van der Waals surface area contributed by atoms with Gasteiger partial charge in [-0.2, -0.15) is 5.10 Å². The van der Waals surface area contributed by atoms with Gasteiger partial charge in [-0.25, -0.2) is 0 Å². The van der Waals surface area contributed by atoms with E-state index in [1.807, 2.05) is 36.3 Å². The molecule has 108 valence electrons. The summed E-state index contributed by atoms with van der Waals surface area (Å²) in [5, 5.41) is 10.2. The van der Waals surface area contributed by atoms with Gasteiger partial charge in [0, 0.05) is 18.6 Å². The quantitative estimate of drug-likeness (QED) is 0.788. The Balaban J connectivity index is 2.21. The third kappa shape index (κ3) is 2.59. The van der Waals surface area contributed by atoms with Crippen molar-refractivity contribution in [2.45, 2.75) is 13.0 Å². The molecule has 2 aromatic heterocycles. The average Bonchev–Trinajstić information content (AvgIpc) is 2.84. The van der Waals surface area contributed by atoms with E-state index in [4.69, 9.17) is 0 Å². The number of nitrogens with one attached hydrogen (secondary N) is 1. The van der Waals surface area contributed by atoms with Crippen molar-refractivity contribution in [2.75, 3.05) is 6.54 Å². The second kappa shape index (κ2) is 5.95. The minimum absolute atomic E-state index is 0.00275. The number of halogens is 1. The van der Waals surface area contributed by atoms with Gasteiger partial charge in [-0.05, 0) is 33.9 Å². The minimum atomic E-state index is 0.00275. The van der Waals surface area contributed by atoms with Crippen LogP contribution in [0.15, 0.2) is 47.2 Å². The van der Waals surface area contributed by atoms with E-state index in [-0.39, 0.29) is 6.04 Å². The van der Waals surface area contributed by atoms with Crippen molar-refractivity contribution >= 4 is 26.7 Å². The van der Waals surface area contributed by atoms with Crippen LogP contribution in [0, 0.1) is 0 Å². The predicted molar refractivity (Wildman–Crippen MR) is 88.2 cm³/mol.